The predicted molar refractivity (Wildman–Crippen MR) is 90.0 cm³/mol. The normalized spacial score (nSPS) is 14.3. The zero-order chi connectivity index (χ0) is 14.7. The molecule has 0 aliphatic carbocycles. The second-order valence-electron chi connectivity index (χ2n) is 5.63. The van der Waals surface area contributed by atoms with Crippen molar-refractivity contribution in [2.24, 2.45) is 0 Å². The topological polar surface area (TPSA) is 28.2 Å². The molecule has 0 saturated heterocycles. The van der Waals surface area contributed by atoms with Crippen LogP contribution in [0.2, 0.25) is 0 Å². The Morgan fingerprint density at radius 2 is 2.24 bits per heavy atom. The molecule has 1 aliphatic rings. The van der Waals surface area contributed by atoms with E-state index >= 15 is 0 Å². The minimum absolute atomic E-state index is 0.918. The lowest BCUT2D eigenvalue weighted by molar-refractivity contribution is 0.669. The van der Waals surface area contributed by atoms with Gasteiger partial charge in [-0.2, -0.15) is 0 Å². The van der Waals surface area contributed by atoms with E-state index in [1.165, 1.54) is 17.5 Å². The van der Waals surface area contributed by atoms with Crippen molar-refractivity contribution in [1.82, 2.24) is 10.3 Å². The molecule has 0 fully saturated rings. The minimum atomic E-state index is 0.918. The highest BCUT2D eigenvalue weighted by Gasteiger charge is 2.18. The smallest absolute Gasteiger partial charge is 0.129 e. The van der Waals surface area contributed by atoms with Crippen LogP contribution in [0.4, 0.5) is 5.82 Å². The third kappa shape index (κ3) is 3.27. The summed E-state index contributed by atoms with van der Waals surface area (Å²) < 4.78 is 0. The van der Waals surface area contributed by atoms with Gasteiger partial charge in [0.2, 0.25) is 0 Å². The molecule has 0 bridgehead atoms. The molecule has 0 amide bonds. The second kappa shape index (κ2) is 6.58. The Balaban J connectivity index is 1.71. The number of thiophene rings is 1. The summed E-state index contributed by atoms with van der Waals surface area (Å²) in [6.07, 6.45) is 2.31. The summed E-state index contributed by atoms with van der Waals surface area (Å²) in [6, 6.07) is 6.65. The molecule has 2 aromatic rings. The third-order valence-corrected chi connectivity index (χ3v) is 5.08. The molecular formula is C17H23N3S. The first-order chi connectivity index (χ1) is 10.3. The molecule has 0 atom stereocenters. The molecule has 0 radical (unpaired) electrons. The molecule has 0 saturated carbocycles. The molecule has 1 aliphatic heterocycles. The van der Waals surface area contributed by atoms with Gasteiger partial charge in [-0.05, 0) is 54.9 Å². The quantitative estimate of drug-likeness (QED) is 0.857. The van der Waals surface area contributed by atoms with Gasteiger partial charge in [0, 0.05) is 30.2 Å². The largest absolute Gasteiger partial charge is 0.352 e. The molecule has 3 rings (SSSR count). The van der Waals surface area contributed by atoms with Crippen LogP contribution in [0.3, 0.4) is 0 Å². The number of rotatable bonds is 5. The van der Waals surface area contributed by atoms with Crippen LogP contribution in [0.5, 0.6) is 0 Å². The van der Waals surface area contributed by atoms with E-state index in [1.54, 1.807) is 4.88 Å². The van der Waals surface area contributed by atoms with E-state index in [-0.39, 0.29) is 0 Å². The average molecular weight is 301 g/mol. The summed E-state index contributed by atoms with van der Waals surface area (Å²) in [4.78, 5) is 8.76. The van der Waals surface area contributed by atoms with Gasteiger partial charge in [0.1, 0.15) is 5.82 Å². The van der Waals surface area contributed by atoms with Crippen LogP contribution in [0.1, 0.15) is 35.0 Å². The number of hydrogen-bond donors (Lipinski definition) is 1. The van der Waals surface area contributed by atoms with Crippen molar-refractivity contribution in [3.05, 3.63) is 45.3 Å². The summed E-state index contributed by atoms with van der Waals surface area (Å²) in [5.74, 6) is 1.11. The number of nitrogens with one attached hydrogen (secondary N) is 1. The van der Waals surface area contributed by atoms with Gasteiger partial charge in [-0.1, -0.05) is 13.0 Å². The van der Waals surface area contributed by atoms with Crippen molar-refractivity contribution in [2.45, 2.75) is 39.8 Å². The number of anilines is 1. The molecule has 0 spiro atoms. The lowest BCUT2D eigenvalue weighted by Gasteiger charge is -2.28. The molecule has 3 nitrogen and oxygen atoms in total. The van der Waals surface area contributed by atoms with Crippen LogP contribution < -0.4 is 10.2 Å². The Kier molecular flexibility index (Phi) is 4.56. The zero-order valence-corrected chi connectivity index (χ0v) is 13.7. The summed E-state index contributed by atoms with van der Waals surface area (Å²) in [5, 5.41) is 5.65. The molecule has 2 aromatic heterocycles. The Morgan fingerprint density at radius 3 is 3.05 bits per heavy atom. The Hall–Kier alpha value is -1.39. The number of hydrogen-bond acceptors (Lipinski definition) is 4. The van der Waals surface area contributed by atoms with Gasteiger partial charge in [-0.3, -0.25) is 0 Å². The number of nitrogens with zero attached hydrogens (tertiary/aromatic N) is 2. The zero-order valence-electron chi connectivity index (χ0n) is 12.9. The van der Waals surface area contributed by atoms with Crippen LogP contribution in [-0.4, -0.2) is 18.1 Å². The highest BCUT2D eigenvalue weighted by Crippen LogP contribution is 2.27. The fourth-order valence-electron chi connectivity index (χ4n) is 2.78. The van der Waals surface area contributed by atoms with Gasteiger partial charge in [-0.15, -0.1) is 11.3 Å². The predicted octanol–water partition coefficient (Wildman–Crippen LogP) is 3.51. The molecule has 1 N–H and O–H groups in total. The van der Waals surface area contributed by atoms with E-state index in [2.05, 4.69) is 47.6 Å². The van der Waals surface area contributed by atoms with Crippen molar-refractivity contribution in [3.8, 4) is 0 Å². The third-order valence-electron chi connectivity index (χ3n) is 4.05. The molecule has 0 aromatic carbocycles. The Morgan fingerprint density at radius 1 is 1.33 bits per heavy atom. The maximum atomic E-state index is 4.82. The van der Waals surface area contributed by atoms with Gasteiger partial charge < -0.3 is 10.2 Å². The SMILES string of the molecule is CCCNCc1ccc(N2CCc3sccc3C2)nc1C. The number of aryl methyl sites for hydroxylation is 1. The maximum absolute atomic E-state index is 4.82. The highest BCUT2D eigenvalue weighted by molar-refractivity contribution is 7.10. The number of fused-ring (bicyclic) bond motifs is 1. The number of pyridine rings is 1. The van der Waals surface area contributed by atoms with Crippen LogP contribution in [0, 0.1) is 6.92 Å². The lowest BCUT2D eigenvalue weighted by atomic mass is 10.1. The van der Waals surface area contributed by atoms with E-state index in [0.29, 0.717) is 0 Å². The van der Waals surface area contributed by atoms with E-state index in [9.17, 15) is 0 Å². The first kappa shape index (κ1) is 14.5. The second-order valence-corrected chi connectivity index (χ2v) is 6.63. The van der Waals surface area contributed by atoms with Gasteiger partial charge >= 0.3 is 0 Å². The van der Waals surface area contributed by atoms with Gasteiger partial charge in [0.15, 0.2) is 0 Å². The Labute approximate surface area is 131 Å². The van der Waals surface area contributed by atoms with E-state index in [1.807, 2.05) is 11.3 Å². The fourth-order valence-corrected chi connectivity index (χ4v) is 3.67. The standard InChI is InChI=1S/C17H23N3S/c1-3-8-18-11-14-4-5-17(19-13(14)2)20-9-6-16-15(12-20)7-10-21-16/h4-5,7,10,18H,3,6,8-9,11-12H2,1-2H3. The molecule has 0 unspecified atom stereocenters. The molecule has 112 valence electrons. The summed E-state index contributed by atoms with van der Waals surface area (Å²) in [7, 11) is 0. The summed E-state index contributed by atoms with van der Waals surface area (Å²) in [6.45, 7) is 8.37. The lowest BCUT2D eigenvalue weighted by Crippen LogP contribution is -2.30. The molecule has 4 heteroatoms. The van der Waals surface area contributed by atoms with Gasteiger partial charge in [0.05, 0.1) is 0 Å². The van der Waals surface area contributed by atoms with Gasteiger partial charge in [-0.25, -0.2) is 4.98 Å². The summed E-state index contributed by atoms with van der Waals surface area (Å²) in [5.41, 5.74) is 3.92. The van der Waals surface area contributed by atoms with Crippen molar-refractivity contribution in [1.29, 1.82) is 0 Å². The fraction of sp³-hybridized carbons (Fsp3) is 0.471. The van der Waals surface area contributed by atoms with Crippen molar-refractivity contribution >= 4 is 17.2 Å². The molecule has 21 heavy (non-hydrogen) atoms. The van der Waals surface area contributed by atoms with Gasteiger partial charge in [0.25, 0.3) is 0 Å². The van der Waals surface area contributed by atoms with Crippen molar-refractivity contribution < 1.29 is 0 Å². The van der Waals surface area contributed by atoms with E-state index < -0.39 is 0 Å². The minimum Gasteiger partial charge on any atom is -0.352 e. The van der Waals surface area contributed by atoms with Crippen LogP contribution in [0.25, 0.3) is 0 Å². The van der Waals surface area contributed by atoms with Crippen molar-refractivity contribution in [2.75, 3.05) is 18.0 Å². The van der Waals surface area contributed by atoms with E-state index in [0.717, 1.165) is 44.1 Å². The average Bonchev–Trinajstić information content (AvgIpc) is 2.96. The highest BCUT2D eigenvalue weighted by atomic mass is 32.1. The monoisotopic (exact) mass is 301 g/mol. The maximum Gasteiger partial charge on any atom is 0.129 e. The van der Waals surface area contributed by atoms with Crippen LogP contribution in [0.15, 0.2) is 23.6 Å². The van der Waals surface area contributed by atoms with E-state index in [4.69, 9.17) is 4.98 Å². The summed E-state index contributed by atoms with van der Waals surface area (Å²) >= 11 is 1.88. The first-order valence-electron chi connectivity index (χ1n) is 7.75. The first-order valence-corrected chi connectivity index (χ1v) is 8.63. The van der Waals surface area contributed by atoms with Crippen LogP contribution in [-0.2, 0) is 19.5 Å². The van der Waals surface area contributed by atoms with Crippen molar-refractivity contribution in [3.63, 3.8) is 0 Å². The number of aromatic nitrogens is 1. The van der Waals surface area contributed by atoms with Crippen LogP contribution >= 0.6 is 11.3 Å². The molecule has 3 heterocycles. The molecular weight excluding hydrogens is 278 g/mol. The Bertz CT molecular complexity index is 606.